The predicted molar refractivity (Wildman–Crippen MR) is 103 cm³/mol. The Hall–Kier alpha value is -0.840. The predicted octanol–water partition coefficient (Wildman–Crippen LogP) is 1.01. The molecule has 0 unspecified atom stereocenters. The topological polar surface area (TPSA) is 79.6 Å². The number of hydrogen-bond acceptors (Lipinski definition) is 4. The summed E-state index contributed by atoms with van der Waals surface area (Å²) >= 11 is 0. The zero-order chi connectivity index (χ0) is 16.4. The fourth-order valence-corrected chi connectivity index (χ4v) is 3.81. The van der Waals surface area contributed by atoms with Crippen molar-refractivity contribution in [1.82, 2.24) is 19.8 Å². The maximum atomic E-state index is 12.1. The Balaban J connectivity index is 0.00000264. The number of guanidine groups is 1. The van der Waals surface area contributed by atoms with E-state index in [1.807, 2.05) is 29.6 Å². The Morgan fingerprint density at radius 1 is 1.48 bits per heavy atom. The molecule has 9 heteroatoms. The molecule has 7 nitrogen and oxygen atoms in total. The number of imidazole rings is 1. The maximum Gasteiger partial charge on any atom is 0.194 e. The van der Waals surface area contributed by atoms with E-state index in [0.29, 0.717) is 19.6 Å². The van der Waals surface area contributed by atoms with Gasteiger partial charge in [0.05, 0.1) is 10.5 Å². The molecule has 0 radical (unpaired) electrons. The monoisotopic (exact) mass is 455 g/mol. The van der Waals surface area contributed by atoms with Gasteiger partial charge < -0.3 is 14.8 Å². The minimum Gasteiger partial charge on any atom is -0.357 e. The molecule has 0 spiro atoms. The molecule has 1 aliphatic rings. The summed E-state index contributed by atoms with van der Waals surface area (Å²) in [7, 11) is -1.12. The second kappa shape index (κ2) is 7.82. The third-order valence-corrected chi connectivity index (χ3v) is 6.50. The molecule has 0 bridgehead atoms. The van der Waals surface area contributed by atoms with Crippen LogP contribution in [-0.4, -0.2) is 59.0 Å². The summed E-state index contributed by atoms with van der Waals surface area (Å²) in [5.41, 5.74) is 0. The summed E-state index contributed by atoms with van der Waals surface area (Å²) in [4.78, 5) is 10.9. The fraction of sp³-hybridized carbons (Fsp3) is 0.714. The van der Waals surface area contributed by atoms with Crippen molar-refractivity contribution < 1.29 is 8.42 Å². The second-order valence-electron chi connectivity index (χ2n) is 6.12. The number of rotatable bonds is 3. The van der Waals surface area contributed by atoms with E-state index in [0.717, 1.165) is 18.3 Å². The summed E-state index contributed by atoms with van der Waals surface area (Å²) in [6.45, 7) is 7.67. The quantitative estimate of drug-likeness (QED) is 0.418. The average molecular weight is 455 g/mol. The van der Waals surface area contributed by atoms with Crippen LogP contribution in [0.2, 0.25) is 0 Å². The number of halogens is 1. The highest BCUT2D eigenvalue weighted by Gasteiger charge is 2.40. The van der Waals surface area contributed by atoms with Crippen molar-refractivity contribution in [2.75, 3.05) is 25.4 Å². The van der Waals surface area contributed by atoms with E-state index in [2.05, 4.69) is 15.3 Å². The molecule has 1 saturated heterocycles. The Morgan fingerprint density at radius 3 is 2.70 bits per heavy atom. The average Bonchev–Trinajstić information content (AvgIpc) is 2.83. The summed E-state index contributed by atoms with van der Waals surface area (Å²) in [6, 6.07) is 0. The van der Waals surface area contributed by atoms with Crippen LogP contribution in [0.15, 0.2) is 17.4 Å². The zero-order valence-corrected chi connectivity index (χ0v) is 17.3. The van der Waals surface area contributed by atoms with Crippen LogP contribution in [0.1, 0.15) is 26.6 Å². The highest BCUT2D eigenvalue weighted by Crippen LogP contribution is 2.23. The van der Waals surface area contributed by atoms with Gasteiger partial charge in [-0.1, -0.05) is 0 Å². The number of sulfone groups is 1. The zero-order valence-electron chi connectivity index (χ0n) is 14.1. The molecule has 23 heavy (non-hydrogen) atoms. The van der Waals surface area contributed by atoms with E-state index in [1.165, 1.54) is 0 Å². The molecule has 2 rings (SSSR count). The van der Waals surface area contributed by atoms with Crippen molar-refractivity contribution in [2.24, 2.45) is 12.0 Å². The Morgan fingerprint density at radius 2 is 2.17 bits per heavy atom. The van der Waals surface area contributed by atoms with Crippen LogP contribution in [0.4, 0.5) is 0 Å². The molecule has 1 aromatic rings. The molecule has 0 saturated carbocycles. The maximum absolute atomic E-state index is 12.1. The normalized spacial score (nSPS) is 20.0. The van der Waals surface area contributed by atoms with E-state index in [-0.39, 0.29) is 29.7 Å². The Bertz CT molecular complexity index is 654. The molecule has 0 amide bonds. The lowest BCUT2D eigenvalue weighted by molar-refractivity contribution is 0.353. The van der Waals surface area contributed by atoms with Crippen molar-refractivity contribution >= 4 is 39.8 Å². The first-order chi connectivity index (χ1) is 10.3. The van der Waals surface area contributed by atoms with Crippen molar-refractivity contribution in [3.8, 4) is 0 Å². The van der Waals surface area contributed by atoms with Crippen LogP contribution in [-0.2, 0) is 23.4 Å². The van der Waals surface area contributed by atoms with Gasteiger partial charge in [0, 0.05) is 39.1 Å². The third-order valence-electron chi connectivity index (χ3n) is 3.97. The van der Waals surface area contributed by atoms with Gasteiger partial charge in [-0.3, -0.25) is 0 Å². The van der Waals surface area contributed by atoms with Crippen molar-refractivity contribution in [1.29, 1.82) is 0 Å². The number of aliphatic imine (C=N–C) groups is 1. The highest BCUT2D eigenvalue weighted by atomic mass is 127. The van der Waals surface area contributed by atoms with E-state index in [9.17, 15) is 8.42 Å². The van der Waals surface area contributed by atoms with Crippen LogP contribution in [0.5, 0.6) is 0 Å². The van der Waals surface area contributed by atoms with Gasteiger partial charge in [-0.05, 0) is 20.8 Å². The van der Waals surface area contributed by atoms with Gasteiger partial charge in [-0.2, -0.15) is 0 Å². The fourth-order valence-electron chi connectivity index (χ4n) is 2.44. The Labute approximate surface area is 155 Å². The largest absolute Gasteiger partial charge is 0.357 e. The first-order valence-corrected chi connectivity index (χ1v) is 9.14. The molecule has 1 N–H and O–H groups in total. The first-order valence-electron chi connectivity index (χ1n) is 7.48. The lowest BCUT2D eigenvalue weighted by Gasteiger charge is -2.39. The number of aromatic nitrogens is 2. The van der Waals surface area contributed by atoms with Crippen LogP contribution in [0.3, 0.4) is 0 Å². The molecule has 0 atom stereocenters. The molecular weight excluding hydrogens is 429 g/mol. The number of hydrogen-bond donors (Lipinski definition) is 1. The molecular formula is C14H26IN5O2S. The smallest absolute Gasteiger partial charge is 0.194 e. The Kier molecular flexibility index (Phi) is 6.87. The van der Waals surface area contributed by atoms with Crippen LogP contribution >= 0.6 is 24.0 Å². The highest BCUT2D eigenvalue weighted by molar-refractivity contribution is 14.0. The van der Waals surface area contributed by atoms with E-state index in [1.54, 1.807) is 20.0 Å². The van der Waals surface area contributed by atoms with E-state index < -0.39 is 14.6 Å². The summed E-state index contributed by atoms with van der Waals surface area (Å²) in [5, 5.41) is 3.24. The SMILES string of the molecule is CCNC(=NCc1nccn1C)N1CCS(=O)(=O)C(C)(C)C1.I. The standard InChI is InChI=1S/C14H25N5O2S.HI/c1-5-15-13(17-10-12-16-6-7-18(12)4)19-8-9-22(20,21)14(2,3)11-19;/h6-7H,5,8-11H2,1-4H3,(H,15,17);1H. The summed E-state index contributed by atoms with van der Waals surface area (Å²) < 4.78 is 25.4. The minimum absolute atomic E-state index is 0. The number of nitrogens with one attached hydrogen (secondary N) is 1. The molecule has 1 aliphatic heterocycles. The van der Waals surface area contributed by atoms with Gasteiger partial charge >= 0.3 is 0 Å². The minimum atomic E-state index is -3.05. The van der Waals surface area contributed by atoms with Crippen molar-refractivity contribution in [3.63, 3.8) is 0 Å². The first kappa shape index (κ1) is 20.2. The van der Waals surface area contributed by atoms with Gasteiger partial charge in [0.25, 0.3) is 0 Å². The molecule has 0 aromatic carbocycles. The van der Waals surface area contributed by atoms with Gasteiger partial charge in [-0.25, -0.2) is 18.4 Å². The van der Waals surface area contributed by atoms with E-state index in [4.69, 9.17) is 0 Å². The lowest BCUT2D eigenvalue weighted by atomic mass is 10.2. The van der Waals surface area contributed by atoms with E-state index >= 15 is 0 Å². The van der Waals surface area contributed by atoms with Gasteiger partial charge in [0.2, 0.25) is 0 Å². The third kappa shape index (κ3) is 4.59. The van der Waals surface area contributed by atoms with Crippen LogP contribution < -0.4 is 5.32 Å². The van der Waals surface area contributed by atoms with Crippen LogP contribution in [0, 0.1) is 0 Å². The summed E-state index contributed by atoms with van der Waals surface area (Å²) in [6.07, 6.45) is 3.63. The number of nitrogens with zero attached hydrogens (tertiary/aromatic N) is 4. The molecule has 1 fully saturated rings. The van der Waals surface area contributed by atoms with Crippen molar-refractivity contribution in [3.05, 3.63) is 18.2 Å². The molecule has 1 aromatic heterocycles. The van der Waals surface area contributed by atoms with Gasteiger partial charge in [-0.15, -0.1) is 24.0 Å². The number of aryl methyl sites for hydroxylation is 1. The van der Waals surface area contributed by atoms with Gasteiger partial charge in [0.1, 0.15) is 12.4 Å². The lowest BCUT2D eigenvalue weighted by Crippen LogP contribution is -2.57. The molecule has 0 aliphatic carbocycles. The summed E-state index contributed by atoms with van der Waals surface area (Å²) in [5.74, 6) is 1.78. The molecule has 2 heterocycles. The second-order valence-corrected chi connectivity index (χ2v) is 8.87. The van der Waals surface area contributed by atoms with Crippen LogP contribution in [0.25, 0.3) is 0 Å². The molecule has 132 valence electrons. The van der Waals surface area contributed by atoms with Gasteiger partial charge in [0.15, 0.2) is 15.8 Å². The van der Waals surface area contributed by atoms with Crippen molar-refractivity contribution in [2.45, 2.75) is 32.1 Å².